The van der Waals surface area contributed by atoms with Gasteiger partial charge < -0.3 is 4.74 Å². The first kappa shape index (κ1) is 23.8. The molecule has 0 unspecified atom stereocenters. The average molecular weight is 497 g/mol. The molecule has 36 heavy (non-hydrogen) atoms. The summed E-state index contributed by atoms with van der Waals surface area (Å²) in [4.78, 5) is 23.0. The Labute approximate surface area is 213 Å². The Morgan fingerprint density at radius 3 is 2.53 bits per heavy atom. The topological polar surface area (TPSA) is 72.3 Å². The molecule has 7 heteroatoms. The van der Waals surface area contributed by atoms with Gasteiger partial charge in [-0.15, -0.1) is 11.3 Å². The predicted octanol–water partition coefficient (Wildman–Crippen LogP) is 6.85. The number of H-pyrrole nitrogens is 1. The van der Waals surface area contributed by atoms with Gasteiger partial charge in [-0.1, -0.05) is 19.4 Å². The summed E-state index contributed by atoms with van der Waals surface area (Å²) in [5.74, 6) is 0.745. The van der Waals surface area contributed by atoms with Gasteiger partial charge in [0.1, 0.15) is 10.8 Å². The van der Waals surface area contributed by atoms with Gasteiger partial charge in [0.05, 0.1) is 40.0 Å². The van der Waals surface area contributed by atoms with Crippen molar-refractivity contribution in [2.45, 2.75) is 33.6 Å². The maximum Gasteiger partial charge on any atom is 0.280 e. The summed E-state index contributed by atoms with van der Waals surface area (Å²) in [5, 5.41) is 4.28. The van der Waals surface area contributed by atoms with Crippen LogP contribution >= 0.6 is 11.3 Å². The van der Waals surface area contributed by atoms with E-state index >= 15 is 0 Å². The molecule has 0 aliphatic heterocycles. The quantitative estimate of drug-likeness (QED) is 0.250. The second-order valence-corrected chi connectivity index (χ2v) is 9.82. The molecule has 2 heterocycles. The zero-order chi connectivity index (χ0) is 25.2. The summed E-state index contributed by atoms with van der Waals surface area (Å²) < 4.78 is 8.01. The highest BCUT2D eigenvalue weighted by Gasteiger charge is 2.17. The summed E-state index contributed by atoms with van der Waals surface area (Å²) in [7, 11) is 1.62. The standard InChI is InChI=1S/C29H28N4O2S/c1-5-6-25-27(29(34)33(32-25)22-12-14-23(35-4)15-13-22)19(3)30-21-10-8-20(9-11-21)28-31-24-16-7-18(2)17-26(24)36-28/h7-17,32H,5-6H2,1-4H3. The van der Waals surface area contributed by atoms with Crippen LogP contribution in [0.25, 0.3) is 26.5 Å². The molecule has 2 aromatic heterocycles. The first-order valence-corrected chi connectivity index (χ1v) is 12.8. The van der Waals surface area contributed by atoms with Crippen molar-refractivity contribution in [2.24, 2.45) is 4.99 Å². The van der Waals surface area contributed by atoms with E-state index in [4.69, 9.17) is 14.7 Å². The van der Waals surface area contributed by atoms with Crippen LogP contribution in [0, 0.1) is 6.92 Å². The van der Waals surface area contributed by atoms with Crippen LogP contribution in [0.1, 0.15) is 37.1 Å². The maximum atomic E-state index is 13.4. The molecular formula is C29H28N4O2S. The number of fused-ring (bicyclic) bond motifs is 1. The molecule has 0 bridgehead atoms. The number of ether oxygens (including phenoxy) is 1. The van der Waals surface area contributed by atoms with E-state index < -0.39 is 0 Å². The molecule has 3 aromatic carbocycles. The van der Waals surface area contributed by atoms with Gasteiger partial charge in [0, 0.05) is 11.3 Å². The second-order valence-electron chi connectivity index (χ2n) is 8.79. The lowest BCUT2D eigenvalue weighted by atomic mass is 10.1. The minimum Gasteiger partial charge on any atom is -0.497 e. The molecular weight excluding hydrogens is 468 g/mol. The van der Waals surface area contributed by atoms with E-state index in [2.05, 4.69) is 37.1 Å². The smallest absolute Gasteiger partial charge is 0.280 e. The number of nitrogens with zero attached hydrogens (tertiary/aromatic N) is 3. The van der Waals surface area contributed by atoms with Crippen LogP contribution in [-0.4, -0.2) is 27.6 Å². The molecule has 0 fully saturated rings. The zero-order valence-electron chi connectivity index (χ0n) is 20.8. The lowest BCUT2D eigenvalue weighted by molar-refractivity contribution is 0.414. The van der Waals surface area contributed by atoms with Crippen LogP contribution in [0.3, 0.4) is 0 Å². The zero-order valence-corrected chi connectivity index (χ0v) is 21.6. The van der Waals surface area contributed by atoms with Gasteiger partial charge in [-0.2, -0.15) is 0 Å². The highest BCUT2D eigenvalue weighted by Crippen LogP contribution is 2.31. The summed E-state index contributed by atoms with van der Waals surface area (Å²) in [6.45, 7) is 6.09. The van der Waals surface area contributed by atoms with E-state index in [1.165, 1.54) is 10.3 Å². The number of rotatable bonds is 7. The Morgan fingerprint density at radius 1 is 1.08 bits per heavy atom. The predicted molar refractivity (Wildman–Crippen MR) is 149 cm³/mol. The van der Waals surface area contributed by atoms with Crippen LogP contribution in [0.4, 0.5) is 5.69 Å². The van der Waals surface area contributed by atoms with Crippen molar-refractivity contribution in [1.29, 1.82) is 0 Å². The normalized spacial score (nSPS) is 11.8. The molecule has 0 aliphatic carbocycles. The first-order chi connectivity index (χ1) is 17.5. The molecule has 0 amide bonds. The summed E-state index contributed by atoms with van der Waals surface area (Å²) >= 11 is 1.69. The molecule has 5 rings (SSSR count). The van der Waals surface area contributed by atoms with Gasteiger partial charge in [0.2, 0.25) is 0 Å². The van der Waals surface area contributed by atoms with E-state index in [0.717, 1.165) is 51.7 Å². The van der Waals surface area contributed by atoms with Crippen LogP contribution < -0.4 is 10.3 Å². The van der Waals surface area contributed by atoms with Crippen molar-refractivity contribution in [3.05, 3.63) is 93.9 Å². The van der Waals surface area contributed by atoms with Crippen molar-refractivity contribution in [3.8, 4) is 22.0 Å². The highest BCUT2D eigenvalue weighted by molar-refractivity contribution is 7.21. The Bertz CT molecular complexity index is 1610. The minimum atomic E-state index is -0.105. The number of nitrogens with one attached hydrogen (secondary N) is 1. The highest BCUT2D eigenvalue weighted by atomic mass is 32.1. The third-order valence-electron chi connectivity index (χ3n) is 6.11. The molecule has 0 saturated heterocycles. The number of hydrogen-bond acceptors (Lipinski definition) is 5. The van der Waals surface area contributed by atoms with Gasteiger partial charge in [-0.05, 0) is 86.5 Å². The third-order valence-corrected chi connectivity index (χ3v) is 7.18. The van der Waals surface area contributed by atoms with Crippen molar-refractivity contribution in [3.63, 3.8) is 0 Å². The van der Waals surface area contributed by atoms with E-state index in [0.29, 0.717) is 11.3 Å². The SMILES string of the molecule is CCCc1[nH]n(-c2ccc(OC)cc2)c(=O)c1C(C)=Nc1ccc(-c2nc3ccc(C)cc3s2)cc1. The number of hydrogen-bond donors (Lipinski definition) is 1. The number of benzene rings is 3. The van der Waals surface area contributed by atoms with Crippen LogP contribution in [0.2, 0.25) is 0 Å². The number of aryl methyl sites for hydroxylation is 2. The van der Waals surface area contributed by atoms with E-state index in [1.54, 1.807) is 23.1 Å². The maximum absolute atomic E-state index is 13.4. The average Bonchev–Trinajstić information content (AvgIpc) is 3.45. The van der Waals surface area contributed by atoms with Gasteiger partial charge in [-0.25, -0.2) is 9.67 Å². The van der Waals surface area contributed by atoms with E-state index in [9.17, 15) is 4.79 Å². The van der Waals surface area contributed by atoms with E-state index in [-0.39, 0.29) is 5.56 Å². The number of aliphatic imine (C=N–C) groups is 1. The Hall–Kier alpha value is -3.97. The molecule has 182 valence electrons. The Morgan fingerprint density at radius 2 is 1.83 bits per heavy atom. The van der Waals surface area contributed by atoms with Crippen molar-refractivity contribution >= 4 is 33.0 Å². The summed E-state index contributed by atoms with van der Waals surface area (Å²) in [5.41, 5.74) is 6.96. The molecule has 0 spiro atoms. The third kappa shape index (κ3) is 4.62. The fourth-order valence-corrected chi connectivity index (χ4v) is 5.35. The number of aromatic nitrogens is 3. The summed E-state index contributed by atoms with van der Waals surface area (Å²) in [6, 6.07) is 21.8. The second kappa shape index (κ2) is 9.95. The molecule has 5 aromatic rings. The van der Waals surface area contributed by atoms with Crippen LogP contribution in [0.5, 0.6) is 5.75 Å². The van der Waals surface area contributed by atoms with Crippen molar-refractivity contribution < 1.29 is 4.74 Å². The van der Waals surface area contributed by atoms with Gasteiger partial charge >= 0.3 is 0 Å². The number of aromatic amines is 1. The molecule has 1 N–H and O–H groups in total. The number of thiazole rings is 1. The fourth-order valence-electron chi connectivity index (χ4n) is 4.28. The van der Waals surface area contributed by atoms with Crippen LogP contribution in [-0.2, 0) is 6.42 Å². The van der Waals surface area contributed by atoms with Gasteiger partial charge in [-0.3, -0.25) is 14.9 Å². The van der Waals surface area contributed by atoms with Crippen LogP contribution in [0.15, 0.2) is 76.5 Å². The van der Waals surface area contributed by atoms with Gasteiger partial charge in [0.25, 0.3) is 5.56 Å². The lowest BCUT2D eigenvalue weighted by Crippen LogP contribution is -2.19. The first-order valence-electron chi connectivity index (χ1n) is 12.0. The molecule has 0 atom stereocenters. The summed E-state index contributed by atoms with van der Waals surface area (Å²) in [6.07, 6.45) is 1.68. The fraction of sp³-hybridized carbons (Fsp3) is 0.207. The Kier molecular flexibility index (Phi) is 6.57. The van der Waals surface area contributed by atoms with Crippen molar-refractivity contribution in [2.75, 3.05) is 7.11 Å². The largest absolute Gasteiger partial charge is 0.497 e. The van der Waals surface area contributed by atoms with Crippen molar-refractivity contribution in [1.82, 2.24) is 14.8 Å². The molecule has 0 saturated carbocycles. The lowest BCUT2D eigenvalue weighted by Gasteiger charge is -2.03. The molecule has 0 radical (unpaired) electrons. The monoisotopic (exact) mass is 496 g/mol. The molecule has 0 aliphatic rings. The number of methoxy groups -OCH3 is 1. The molecule has 6 nitrogen and oxygen atoms in total. The van der Waals surface area contributed by atoms with E-state index in [1.807, 2.05) is 55.5 Å². The Balaban J connectivity index is 1.46. The minimum absolute atomic E-state index is 0.105. The van der Waals surface area contributed by atoms with Gasteiger partial charge in [0.15, 0.2) is 0 Å².